The van der Waals surface area contributed by atoms with E-state index < -0.39 is 5.97 Å². The van der Waals surface area contributed by atoms with Crippen LogP contribution in [0.2, 0.25) is 0 Å². The van der Waals surface area contributed by atoms with E-state index in [1.165, 1.54) is 7.11 Å². The smallest absolute Gasteiger partial charge is 0.343 e. The molecule has 1 aromatic heterocycles. The molecule has 17 heavy (non-hydrogen) atoms. The molecule has 0 aliphatic heterocycles. The highest BCUT2D eigenvalue weighted by atomic mass is 16.6. The summed E-state index contributed by atoms with van der Waals surface area (Å²) in [6.07, 6.45) is 0.687. The number of hydrogen-bond donors (Lipinski definition) is 0. The summed E-state index contributed by atoms with van der Waals surface area (Å²) in [5.74, 6) is 0.559. The number of rotatable bonds is 6. The Hall–Kier alpha value is -1.69. The molecule has 0 aliphatic carbocycles. The first-order chi connectivity index (χ1) is 8.19. The van der Waals surface area contributed by atoms with Crippen molar-refractivity contribution in [1.29, 1.82) is 0 Å². The van der Waals surface area contributed by atoms with E-state index in [4.69, 9.17) is 9.47 Å². The van der Waals surface area contributed by atoms with E-state index in [2.05, 4.69) is 14.7 Å². The largest absolute Gasteiger partial charge is 0.466 e. The number of aryl methyl sites for hydroxylation is 1. The van der Waals surface area contributed by atoms with Crippen LogP contribution < -0.4 is 4.74 Å². The van der Waals surface area contributed by atoms with Crippen LogP contribution >= 0.6 is 0 Å². The number of aromatic nitrogens is 2. The first-order valence-corrected chi connectivity index (χ1v) is 5.25. The Bertz CT molecular complexity index is 382. The molecule has 0 fully saturated rings. The number of esters is 1. The van der Waals surface area contributed by atoms with Gasteiger partial charge in [0.15, 0.2) is 6.61 Å². The Kier molecular flexibility index (Phi) is 5.35. The highest BCUT2D eigenvalue weighted by Crippen LogP contribution is 2.11. The average molecular weight is 240 g/mol. The van der Waals surface area contributed by atoms with Crippen LogP contribution in [-0.4, -0.2) is 36.8 Å². The highest BCUT2D eigenvalue weighted by molar-refractivity contribution is 5.70. The van der Waals surface area contributed by atoms with Crippen LogP contribution in [0.4, 0.5) is 0 Å². The molecule has 0 saturated carbocycles. The average Bonchev–Trinajstić information content (AvgIpc) is 2.36. The Balaban J connectivity index is 2.75. The van der Waals surface area contributed by atoms with Gasteiger partial charge in [0.05, 0.1) is 19.4 Å². The van der Waals surface area contributed by atoms with Gasteiger partial charge in [-0.3, -0.25) is 0 Å². The first kappa shape index (κ1) is 13.4. The van der Waals surface area contributed by atoms with E-state index in [0.717, 1.165) is 5.69 Å². The molecule has 0 radical (unpaired) electrons. The van der Waals surface area contributed by atoms with Crippen molar-refractivity contribution in [3.8, 4) is 5.88 Å². The monoisotopic (exact) mass is 240 g/mol. The second kappa shape index (κ2) is 6.80. The predicted molar refractivity (Wildman–Crippen MR) is 59.6 cm³/mol. The van der Waals surface area contributed by atoms with Crippen molar-refractivity contribution in [2.24, 2.45) is 0 Å². The van der Waals surface area contributed by atoms with Crippen LogP contribution in [0.25, 0.3) is 0 Å². The number of nitrogens with zero attached hydrogens (tertiary/aromatic N) is 2. The third-order valence-electron chi connectivity index (χ3n) is 1.98. The zero-order valence-electron chi connectivity index (χ0n) is 10.2. The minimum absolute atomic E-state index is 0.164. The van der Waals surface area contributed by atoms with Gasteiger partial charge in [0.1, 0.15) is 5.82 Å². The standard InChI is InChI=1S/C11H16N2O4/c1-4-9-12-8(6-15-2)5-10(13-9)17-7-11(14)16-3/h5H,4,6-7H2,1-3H3. The SMILES string of the molecule is CCc1nc(COC)cc(OCC(=O)OC)n1. The summed E-state index contributed by atoms with van der Waals surface area (Å²) in [6.45, 7) is 2.16. The van der Waals surface area contributed by atoms with E-state index in [1.807, 2.05) is 6.92 Å². The van der Waals surface area contributed by atoms with Gasteiger partial charge in [0, 0.05) is 19.6 Å². The lowest BCUT2D eigenvalue weighted by Gasteiger charge is -2.07. The molecule has 0 amide bonds. The second-order valence-corrected chi connectivity index (χ2v) is 3.27. The summed E-state index contributed by atoms with van der Waals surface area (Å²) in [4.78, 5) is 19.3. The lowest BCUT2D eigenvalue weighted by atomic mass is 10.3. The summed E-state index contributed by atoms with van der Waals surface area (Å²) in [6, 6.07) is 1.64. The fourth-order valence-corrected chi connectivity index (χ4v) is 1.17. The number of ether oxygens (including phenoxy) is 3. The number of carbonyl (C=O) groups is 1. The Morgan fingerprint density at radius 2 is 2.12 bits per heavy atom. The molecule has 6 heteroatoms. The molecule has 1 rings (SSSR count). The minimum Gasteiger partial charge on any atom is -0.466 e. The van der Waals surface area contributed by atoms with Gasteiger partial charge in [-0.1, -0.05) is 6.92 Å². The number of carbonyl (C=O) groups excluding carboxylic acids is 1. The van der Waals surface area contributed by atoms with Crippen LogP contribution in [0.1, 0.15) is 18.4 Å². The summed E-state index contributed by atoms with van der Waals surface area (Å²) in [5, 5.41) is 0. The Morgan fingerprint density at radius 1 is 1.35 bits per heavy atom. The van der Waals surface area contributed by atoms with Gasteiger partial charge < -0.3 is 14.2 Å². The molecule has 94 valence electrons. The number of hydrogen-bond acceptors (Lipinski definition) is 6. The predicted octanol–water partition coefficient (Wildman–Crippen LogP) is 0.737. The fourth-order valence-electron chi connectivity index (χ4n) is 1.17. The van der Waals surface area contributed by atoms with Crippen molar-refractivity contribution in [3.63, 3.8) is 0 Å². The van der Waals surface area contributed by atoms with E-state index in [9.17, 15) is 4.79 Å². The zero-order valence-corrected chi connectivity index (χ0v) is 10.2. The van der Waals surface area contributed by atoms with Gasteiger partial charge in [-0.25, -0.2) is 9.78 Å². The third kappa shape index (κ3) is 4.36. The maximum atomic E-state index is 10.9. The molecule has 0 atom stereocenters. The molecule has 0 aromatic carbocycles. The molecule has 0 aliphatic rings. The van der Waals surface area contributed by atoms with E-state index in [-0.39, 0.29) is 6.61 Å². The van der Waals surface area contributed by atoms with Crippen molar-refractivity contribution in [2.75, 3.05) is 20.8 Å². The molecule has 0 unspecified atom stereocenters. The first-order valence-electron chi connectivity index (χ1n) is 5.25. The van der Waals surface area contributed by atoms with Gasteiger partial charge in [-0.05, 0) is 0 Å². The second-order valence-electron chi connectivity index (χ2n) is 3.27. The summed E-state index contributed by atoms with van der Waals surface area (Å²) in [7, 11) is 2.89. The van der Waals surface area contributed by atoms with Gasteiger partial charge >= 0.3 is 5.97 Å². The summed E-state index contributed by atoms with van der Waals surface area (Å²) < 4.78 is 14.7. The molecular formula is C11H16N2O4. The molecule has 0 bridgehead atoms. The Morgan fingerprint density at radius 3 is 2.71 bits per heavy atom. The topological polar surface area (TPSA) is 70.5 Å². The van der Waals surface area contributed by atoms with Crippen molar-refractivity contribution >= 4 is 5.97 Å². The lowest BCUT2D eigenvalue weighted by molar-refractivity contribution is -0.143. The maximum Gasteiger partial charge on any atom is 0.343 e. The van der Waals surface area contributed by atoms with Gasteiger partial charge in [0.2, 0.25) is 5.88 Å². The minimum atomic E-state index is -0.449. The van der Waals surface area contributed by atoms with E-state index in [1.54, 1.807) is 13.2 Å². The lowest BCUT2D eigenvalue weighted by Crippen LogP contribution is -2.14. The molecule has 1 heterocycles. The van der Waals surface area contributed by atoms with Crippen molar-refractivity contribution in [3.05, 3.63) is 17.6 Å². The highest BCUT2D eigenvalue weighted by Gasteiger charge is 2.07. The van der Waals surface area contributed by atoms with E-state index >= 15 is 0 Å². The summed E-state index contributed by atoms with van der Waals surface area (Å²) in [5.41, 5.74) is 0.721. The normalized spacial score (nSPS) is 10.1. The maximum absolute atomic E-state index is 10.9. The van der Waals surface area contributed by atoms with Gasteiger partial charge in [-0.2, -0.15) is 4.98 Å². The molecule has 6 nitrogen and oxygen atoms in total. The van der Waals surface area contributed by atoms with E-state index in [0.29, 0.717) is 24.7 Å². The van der Waals surface area contributed by atoms with Crippen LogP contribution in [0, 0.1) is 0 Å². The van der Waals surface area contributed by atoms with Crippen molar-refractivity contribution < 1.29 is 19.0 Å². The molecule has 1 aromatic rings. The number of methoxy groups -OCH3 is 2. The molecule has 0 saturated heterocycles. The molecule has 0 spiro atoms. The van der Waals surface area contributed by atoms with Crippen LogP contribution in [0.15, 0.2) is 6.07 Å². The third-order valence-corrected chi connectivity index (χ3v) is 1.98. The van der Waals surface area contributed by atoms with Crippen LogP contribution in [0.5, 0.6) is 5.88 Å². The fraction of sp³-hybridized carbons (Fsp3) is 0.545. The van der Waals surface area contributed by atoms with Crippen LogP contribution in [-0.2, 0) is 27.3 Å². The molecular weight excluding hydrogens is 224 g/mol. The zero-order chi connectivity index (χ0) is 12.7. The Labute approximate surface area is 99.9 Å². The molecule has 0 N–H and O–H groups in total. The van der Waals surface area contributed by atoms with Crippen molar-refractivity contribution in [2.45, 2.75) is 20.0 Å². The quantitative estimate of drug-likeness (QED) is 0.683. The summed E-state index contributed by atoms with van der Waals surface area (Å²) >= 11 is 0. The van der Waals surface area contributed by atoms with Gasteiger partial charge in [-0.15, -0.1) is 0 Å². The van der Waals surface area contributed by atoms with Crippen molar-refractivity contribution in [1.82, 2.24) is 9.97 Å². The van der Waals surface area contributed by atoms with Gasteiger partial charge in [0.25, 0.3) is 0 Å². The van der Waals surface area contributed by atoms with Crippen LogP contribution in [0.3, 0.4) is 0 Å².